The smallest absolute Gasteiger partial charge is 0.389 e. The van der Waals surface area contributed by atoms with Gasteiger partial charge in [0.25, 0.3) is 0 Å². The monoisotopic (exact) mass is 289 g/mol. The molecule has 6 heteroatoms. The van der Waals surface area contributed by atoms with Crippen LogP contribution in [0.5, 0.6) is 0 Å². The van der Waals surface area contributed by atoms with Gasteiger partial charge in [-0.15, -0.1) is 0 Å². The van der Waals surface area contributed by atoms with Gasteiger partial charge in [0.15, 0.2) is 0 Å². The van der Waals surface area contributed by atoms with Crippen molar-refractivity contribution in [1.29, 1.82) is 0 Å². The van der Waals surface area contributed by atoms with E-state index in [9.17, 15) is 22.7 Å². The number of anilines is 1. The summed E-state index contributed by atoms with van der Waals surface area (Å²) in [5, 5.41) is 9.65. The molecule has 0 bridgehead atoms. The number of nitrogens with zero attached hydrogens (tertiary/aromatic N) is 1. The molecule has 0 fully saturated rings. The number of aliphatic hydroxyl groups excluding tert-OH is 1. The first-order valence-electron chi connectivity index (χ1n) is 6.27. The standard InChI is InChI=1S/C14H15F4NO/c1-9(20)12-8-11(15)2-3-13(12)19-6-4-10(5-7-19)14(16,17)18/h2-4,8-9,20H,5-7H2,1H3. The topological polar surface area (TPSA) is 23.5 Å². The molecule has 1 heterocycles. The minimum atomic E-state index is -4.29. The highest BCUT2D eigenvalue weighted by molar-refractivity contribution is 5.56. The van der Waals surface area contributed by atoms with Gasteiger partial charge >= 0.3 is 6.18 Å². The molecule has 0 aliphatic carbocycles. The minimum Gasteiger partial charge on any atom is -0.389 e. The molecule has 2 rings (SSSR count). The first kappa shape index (κ1) is 14.8. The summed E-state index contributed by atoms with van der Waals surface area (Å²) in [4.78, 5) is 1.71. The summed E-state index contributed by atoms with van der Waals surface area (Å²) < 4.78 is 50.9. The third kappa shape index (κ3) is 3.12. The van der Waals surface area contributed by atoms with Gasteiger partial charge in [-0.2, -0.15) is 13.2 Å². The Hall–Kier alpha value is -1.56. The normalized spacial score (nSPS) is 17.9. The Labute approximate surface area is 114 Å². The molecular formula is C14H15F4NO. The van der Waals surface area contributed by atoms with E-state index in [2.05, 4.69) is 0 Å². The summed E-state index contributed by atoms with van der Waals surface area (Å²) in [6, 6.07) is 3.94. The quantitative estimate of drug-likeness (QED) is 0.664. The lowest BCUT2D eigenvalue weighted by molar-refractivity contribution is -0.0944. The zero-order valence-corrected chi connectivity index (χ0v) is 10.9. The highest BCUT2D eigenvalue weighted by atomic mass is 19.4. The van der Waals surface area contributed by atoms with Gasteiger partial charge < -0.3 is 10.0 Å². The van der Waals surface area contributed by atoms with E-state index in [0.29, 0.717) is 11.3 Å². The number of hydrogen-bond donors (Lipinski definition) is 1. The molecular weight excluding hydrogens is 274 g/mol. The average Bonchev–Trinajstić information content (AvgIpc) is 2.37. The van der Waals surface area contributed by atoms with Gasteiger partial charge in [-0.3, -0.25) is 0 Å². The van der Waals surface area contributed by atoms with E-state index in [0.717, 1.165) is 6.08 Å². The number of halogens is 4. The van der Waals surface area contributed by atoms with Crippen LogP contribution in [0.15, 0.2) is 29.8 Å². The fourth-order valence-corrected chi connectivity index (χ4v) is 2.29. The maximum absolute atomic E-state index is 13.2. The first-order chi connectivity index (χ1) is 9.29. The number of aliphatic hydroxyl groups is 1. The molecule has 20 heavy (non-hydrogen) atoms. The van der Waals surface area contributed by atoms with Crippen LogP contribution < -0.4 is 4.90 Å². The zero-order chi connectivity index (χ0) is 14.9. The third-order valence-corrected chi connectivity index (χ3v) is 3.35. The highest BCUT2D eigenvalue weighted by Crippen LogP contribution is 2.33. The molecule has 0 radical (unpaired) electrons. The van der Waals surface area contributed by atoms with Gasteiger partial charge in [-0.05, 0) is 31.5 Å². The van der Waals surface area contributed by atoms with Crippen LogP contribution in [0.25, 0.3) is 0 Å². The van der Waals surface area contributed by atoms with Gasteiger partial charge in [0.2, 0.25) is 0 Å². The Kier molecular flexibility index (Phi) is 4.04. The number of benzene rings is 1. The van der Waals surface area contributed by atoms with Crippen molar-refractivity contribution < 1.29 is 22.7 Å². The number of rotatable bonds is 2. The largest absolute Gasteiger partial charge is 0.412 e. The maximum Gasteiger partial charge on any atom is 0.412 e. The molecule has 2 nitrogen and oxygen atoms in total. The van der Waals surface area contributed by atoms with Gasteiger partial charge in [0.05, 0.1) is 6.10 Å². The molecule has 0 amide bonds. The molecule has 1 atom stereocenters. The summed E-state index contributed by atoms with van der Waals surface area (Å²) in [5.41, 5.74) is 0.419. The Morgan fingerprint density at radius 1 is 1.30 bits per heavy atom. The van der Waals surface area contributed by atoms with Crippen molar-refractivity contribution in [3.05, 3.63) is 41.2 Å². The van der Waals surface area contributed by atoms with E-state index < -0.39 is 23.7 Å². The van der Waals surface area contributed by atoms with Crippen LogP contribution >= 0.6 is 0 Å². The first-order valence-corrected chi connectivity index (χ1v) is 6.27. The molecule has 0 spiro atoms. The predicted octanol–water partition coefficient (Wildman–Crippen LogP) is 3.58. The van der Waals surface area contributed by atoms with Crippen molar-refractivity contribution in [2.75, 3.05) is 18.0 Å². The second-order valence-electron chi connectivity index (χ2n) is 4.80. The Morgan fingerprint density at radius 2 is 2.00 bits per heavy atom. The Bertz CT molecular complexity index is 522. The zero-order valence-electron chi connectivity index (χ0n) is 10.9. The summed E-state index contributed by atoms with van der Waals surface area (Å²) in [5.74, 6) is -0.479. The summed E-state index contributed by atoms with van der Waals surface area (Å²) in [6.07, 6.45) is -4.14. The van der Waals surface area contributed by atoms with E-state index in [4.69, 9.17) is 0 Å². The SMILES string of the molecule is CC(O)c1cc(F)ccc1N1CC=C(C(F)(F)F)CC1. The lowest BCUT2D eigenvalue weighted by atomic mass is 10.0. The van der Waals surface area contributed by atoms with E-state index in [1.54, 1.807) is 4.90 Å². The second kappa shape index (κ2) is 5.44. The van der Waals surface area contributed by atoms with Crippen LogP contribution in [0, 0.1) is 5.82 Å². The van der Waals surface area contributed by atoms with Crippen molar-refractivity contribution in [1.82, 2.24) is 0 Å². The molecule has 0 saturated carbocycles. The van der Waals surface area contributed by atoms with Crippen LogP contribution in [0.4, 0.5) is 23.2 Å². The van der Waals surface area contributed by atoms with Gasteiger partial charge in [0, 0.05) is 29.9 Å². The number of alkyl halides is 3. The van der Waals surface area contributed by atoms with Crippen LogP contribution in [0.1, 0.15) is 25.0 Å². The minimum absolute atomic E-state index is 0.0974. The van der Waals surface area contributed by atoms with Gasteiger partial charge in [-0.25, -0.2) is 4.39 Å². The highest BCUT2D eigenvalue weighted by Gasteiger charge is 2.35. The van der Waals surface area contributed by atoms with Crippen molar-refractivity contribution in [2.45, 2.75) is 25.6 Å². The van der Waals surface area contributed by atoms with Crippen LogP contribution in [-0.2, 0) is 0 Å². The molecule has 1 aromatic rings. The van der Waals surface area contributed by atoms with Crippen molar-refractivity contribution in [2.24, 2.45) is 0 Å². The Balaban J connectivity index is 2.25. The lowest BCUT2D eigenvalue weighted by Gasteiger charge is -2.31. The molecule has 110 valence electrons. The summed E-state index contributed by atoms with van der Waals surface area (Å²) in [7, 11) is 0. The van der Waals surface area contributed by atoms with E-state index in [-0.39, 0.29) is 19.5 Å². The molecule has 1 N–H and O–H groups in total. The molecule has 1 unspecified atom stereocenters. The summed E-state index contributed by atoms with van der Waals surface area (Å²) in [6.45, 7) is 1.79. The van der Waals surface area contributed by atoms with Crippen molar-refractivity contribution >= 4 is 5.69 Å². The van der Waals surface area contributed by atoms with Gasteiger partial charge in [-0.1, -0.05) is 6.08 Å². The lowest BCUT2D eigenvalue weighted by Crippen LogP contribution is -2.32. The second-order valence-corrected chi connectivity index (χ2v) is 4.80. The molecule has 1 aromatic carbocycles. The molecule has 1 aliphatic rings. The summed E-state index contributed by atoms with van der Waals surface area (Å²) >= 11 is 0. The predicted molar refractivity (Wildman–Crippen MR) is 68.0 cm³/mol. The average molecular weight is 289 g/mol. The van der Waals surface area contributed by atoms with E-state index >= 15 is 0 Å². The van der Waals surface area contributed by atoms with Crippen molar-refractivity contribution in [3.63, 3.8) is 0 Å². The fourth-order valence-electron chi connectivity index (χ4n) is 2.29. The van der Waals surface area contributed by atoms with Crippen molar-refractivity contribution in [3.8, 4) is 0 Å². The molecule has 0 aromatic heterocycles. The van der Waals surface area contributed by atoms with Crippen LogP contribution in [0.3, 0.4) is 0 Å². The van der Waals surface area contributed by atoms with E-state index in [1.165, 1.54) is 25.1 Å². The fraction of sp³-hybridized carbons (Fsp3) is 0.429. The van der Waals surface area contributed by atoms with Crippen LogP contribution in [-0.4, -0.2) is 24.4 Å². The Morgan fingerprint density at radius 3 is 2.50 bits per heavy atom. The molecule has 1 aliphatic heterocycles. The molecule has 0 saturated heterocycles. The third-order valence-electron chi connectivity index (χ3n) is 3.35. The maximum atomic E-state index is 13.2. The van der Waals surface area contributed by atoms with Gasteiger partial charge in [0.1, 0.15) is 5.82 Å². The van der Waals surface area contributed by atoms with E-state index in [1.807, 2.05) is 0 Å². The number of hydrogen-bond acceptors (Lipinski definition) is 2. The van der Waals surface area contributed by atoms with Crippen LogP contribution in [0.2, 0.25) is 0 Å².